The van der Waals surface area contributed by atoms with Gasteiger partial charge in [-0.2, -0.15) is 0 Å². The van der Waals surface area contributed by atoms with E-state index >= 15 is 0 Å². The zero-order valence-corrected chi connectivity index (χ0v) is 12.6. The van der Waals surface area contributed by atoms with E-state index in [4.69, 9.17) is 4.74 Å². The molecule has 1 aromatic heterocycles. The molecule has 1 heterocycles. The first-order valence-corrected chi connectivity index (χ1v) is 7.70. The zero-order valence-electron chi connectivity index (χ0n) is 10.2. The Morgan fingerprint density at radius 2 is 2.29 bits per heavy atom. The summed E-state index contributed by atoms with van der Waals surface area (Å²) < 4.78 is 5.10. The number of carbonyl (C=O) groups is 1. The third kappa shape index (κ3) is 4.32. The molecular formula is C12H18BrNO2S. The number of thiophene rings is 1. The number of hydrogen-bond acceptors (Lipinski definition) is 3. The van der Waals surface area contributed by atoms with Crippen LogP contribution in [0.4, 0.5) is 0 Å². The van der Waals surface area contributed by atoms with Crippen LogP contribution in [0.2, 0.25) is 0 Å². The minimum atomic E-state index is 0.103. The van der Waals surface area contributed by atoms with Gasteiger partial charge in [-0.3, -0.25) is 4.79 Å². The first kappa shape index (κ1) is 14.5. The van der Waals surface area contributed by atoms with Gasteiger partial charge in [0.1, 0.15) is 5.75 Å². The second-order valence-corrected chi connectivity index (χ2v) is 5.39. The Balaban J connectivity index is 2.68. The highest BCUT2D eigenvalue weighted by molar-refractivity contribution is 9.09. The number of alkyl halides is 1. The summed E-state index contributed by atoms with van der Waals surface area (Å²) in [6, 6.07) is 1.81. The molecule has 0 aliphatic heterocycles. The van der Waals surface area contributed by atoms with Gasteiger partial charge < -0.3 is 9.64 Å². The predicted molar refractivity (Wildman–Crippen MR) is 75.5 cm³/mol. The summed E-state index contributed by atoms with van der Waals surface area (Å²) >= 11 is 4.82. The molecule has 96 valence electrons. The van der Waals surface area contributed by atoms with Crippen LogP contribution in [0.15, 0.2) is 11.4 Å². The fourth-order valence-corrected chi connectivity index (χ4v) is 2.71. The number of nitrogens with zero attached hydrogens (tertiary/aromatic N) is 1. The van der Waals surface area contributed by atoms with Gasteiger partial charge in [-0.05, 0) is 6.42 Å². The third-order valence-electron chi connectivity index (χ3n) is 2.45. The number of halogens is 1. The largest absolute Gasteiger partial charge is 0.496 e. The Morgan fingerprint density at radius 1 is 1.53 bits per heavy atom. The fourth-order valence-electron chi connectivity index (χ4n) is 1.46. The highest BCUT2D eigenvalue weighted by Crippen LogP contribution is 2.22. The molecule has 0 aromatic carbocycles. The SMILES string of the molecule is CCCCN(CCBr)C(=O)c1cc(OC)cs1. The number of amides is 1. The van der Waals surface area contributed by atoms with Gasteiger partial charge in [0, 0.05) is 29.9 Å². The van der Waals surface area contributed by atoms with Gasteiger partial charge in [0.15, 0.2) is 0 Å². The quantitative estimate of drug-likeness (QED) is 0.721. The van der Waals surface area contributed by atoms with Gasteiger partial charge in [0.2, 0.25) is 0 Å². The summed E-state index contributed by atoms with van der Waals surface area (Å²) in [5.41, 5.74) is 0. The van der Waals surface area contributed by atoms with Crippen molar-refractivity contribution in [2.75, 3.05) is 25.5 Å². The molecule has 1 amide bonds. The van der Waals surface area contributed by atoms with Crippen LogP contribution in [0.25, 0.3) is 0 Å². The first-order valence-electron chi connectivity index (χ1n) is 5.70. The molecular weight excluding hydrogens is 302 g/mol. The lowest BCUT2D eigenvalue weighted by molar-refractivity contribution is 0.0769. The van der Waals surface area contributed by atoms with E-state index in [0.717, 1.165) is 41.9 Å². The summed E-state index contributed by atoms with van der Waals surface area (Å²) in [6.45, 7) is 3.70. The van der Waals surface area contributed by atoms with E-state index in [0.29, 0.717) is 0 Å². The number of methoxy groups -OCH3 is 1. The Morgan fingerprint density at radius 3 is 2.82 bits per heavy atom. The third-order valence-corrected chi connectivity index (χ3v) is 3.70. The van der Waals surface area contributed by atoms with Gasteiger partial charge in [-0.25, -0.2) is 0 Å². The lowest BCUT2D eigenvalue weighted by Gasteiger charge is -2.20. The van der Waals surface area contributed by atoms with E-state index in [1.54, 1.807) is 13.2 Å². The maximum Gasteiger partial charge on any atom is 0.264 e. The summed E-state index contributed by atoms with van der Waals surface area (Å²) in [6.07, 6.45) is 2.14. The van der Waals surface area contributed by atoms with Crippen LogP contribution in [0, 0.1) is 0 Å². The zero-order chi connectivity index (χ0) is 12.7. The molecule has 0 atom stereocenters. The summed E-state index contributed by atoms with van der Waals surface area (Å²) in [5.74, 6) is 0.860. The van der Waals surface area contributed by atoms with Gasteiger partial charge in [-0.15, -0.1) is 11.3 Å². The molecule has 0 saturated heterocycles. The van der Waals surface area contributed by atoms with Crippen molar-refractivity contribution in [2.45, 2.75) is 19.8 Å². The maximum absolute atomic E-state index is 12.2. The van der Waals surface area contributed by atoms with Gasteiger partial charge in [0.05, 0.1) is 12.0 Å². The summed E-state index contributed by atoms with van der Waals surface area (Å²) in [7, 11) is 1.61. The van der Waals surface area contributed by atoms with Crippen molar-refractivity contribution in [3.8, 4) is 5.75 Å². The van der Waals surface area contributed by atoms with E-state index in [1.165, 1.54) is 11.3 Å². The molecule has 0 saturated carbocycles. The standard InChI is InChI=1S/C12H18BrNO2S/c1-3-4-6-14(7-5-13)12(15)11-8-10(16-2)9-17-11/h8-9H,3-7H2,1-2H3. The van der Waals surface area contributed by atoms with Crippen LogP contribution in [-0.4, -0.2) is 36.3 Å². The number of hydrogen-bond donors (Lipinski definition) is 0. The van der Waals surface area contributed by atoms with Gasteiger partial charge in [0.25, 0.3) is 5.91 Å². The Hall–Kier alpha value is -0.550. The normalized spacial score (nSPS) is 10.3. The van der Waals surface area contributed by atoms with Crippen molar-refractivity contribution in [3.63, 3.8) is 0 Å². The maximum atomic E-state index is 12.2. The van der Waals surface area contributed by atoms with Crippen molar-refractivity contribution in [2.24, 2.45) is 0 Å². The second-order valence-electron chi connectivity index (χ2n) is 3.69. The molecule has 0 spiro atoms. The lowest BCUT2D eigenvalue weighted by atomic mass is 10.3. The van der Waals surface area contributed by atoms with Crippen molar-refractivity contribution in [1.29, 1.82) is 0 Å². The van der Waals surface area contributed by atoms with E-state index in [-0.39, 0.29) is 5.91 Å². The summed E-state index contributed by atoms with van der Waals surface area (Å²) in [5, 5.41) is 2.67. The Labute approximate surface area is 115 Å². The van der Waals surface area contributed by atoms with Crippen LogP contribution in [0.3, 0.4) is 0 Å². The lowest BCUT2D eigenvalue weighted by Crippen LogP contribution is -2.33. The monoisotopic (exact) mass is 319 g/mol. The fraction of sp³-hybridized carbons (Fsp3) is 0.583. The second kappa shape index (κ2) is 7.71. The molecule has 0 fully saturated rings. The molecule has 0 radical (unpaired) electrons. The van der Waals surface area contributed by atoms with E-state index in [2.05, 4.69) is 22.9 Å². The first-order chi connectivity index (χ1) is 8.22. The van der Waals surface area contributed by atoms with Crippen LogP contribution in [0.5, 0.6) is 5.75 Å². The van der Waals surface area contributed by atoms with Gasteiger partial charge >= 0.3 is 0 Å². The van der Waals surface area contributed by atoms with Crippen LogP contribution in [-0.2, 0) is 0 Å². The van der Waals surface area contributed by atoms with Crippen LogP contribution < -0.4 is 4.74 Å². The molecule has 3 nitrogen and oxygen atoms in total. The average molecular weight is 320 g/mol. The molecule has 1 rings (SSSR count). The van der Waals surface area contributed by atoms with Gasteiger partial charge in [-0.1, -0.05) is 29.3 Å². The van der Waals surface area contributed by atoms with Crippen LogP contribution in [0.1, 0.15) is 29.4 Å². The predicted octanol–water partition coefficient (Wildman–Crippen LogP) is 3.39. The van der Waals surface area contributed by atoms with Crippen molar-refractivity contribution in [3.05, 3.63) is 16.3 Å². The molecule has 0 aliphatic carbocycles. The molecule has 0 unspecified atom stereocenters. The van der Waals surface area contributed by atoms with Crippen molar-refractivity contribution < 1.29 is 9.53 Å². The minimum absolute atomic E-state index is 0.103. The Kier molecular flexibility index (Phi) is 6.58. The smallest absolute Gasteiger partial charge is 0.264 e. The highest BCUT2D eigenvalue weighted by Gasteiger charge is 2.16. The number of carbonyl (C=O) groups excluding carboxylic acids is 1. The van der Waals surface area contributed by atoms with E-state index < -0.39 is 0 Å². The highest BCUT2D eigenvalue weighted by atomic mass is 79.9. The molecule has 0 N–H and O–H groups in total. The van der Waals surface area contributed by atoms with E-state index in [9.17, 15) is 4.79 Å². The number of unbranched alkanes of at least 4 members (excludes halogenated alkanes) is 1. The molecule has 1 aromatic rings. The summed E-state index contributed by atoms with van der Waals surface area (Å²) in [4.78, 5) is 14.9. The number of ether oxygens (including phenoxy) is 1. The molecule has 17 heavy (non-hydrogen) atoms. The van der Waals surface area contributed by atoms with E-state index in [1.807, 2.05) is 10.3 Å². The average Bonchev–Trinajstić information content (AvgIpc) is 2.82. The topological polar surface area (TPSA) is 29.5 Å². The van der Waals surface area contributed by atoms with Crippen molar-refractivity contribution >= 4 is 33.2 Å². The van der Waals surface area contributed by atoms with Crippen LogP contribution >= 0.6 is 27.3 Å². The Bertz CT molecular complexity index is 354. The molecule has 0 aliphatic rings. The molecule has 0 bridgehead atoms. The minimum Gasteiger partial charge on any atom is -0.496 e. The molecule has 5 heteroatoms. The number of rotatable bonds is 7. The van der Waals surface area contributed by atoms with Crippen molar-refractivity contribution in [1.82, 2.24) is 4.90 Å².